The van der Waals surface area contributed by atoms with Crippen molar-refractivity contribution in [1.82, 2.24) is 14.8 Å². The van der Waals surface area contributed by atoms with E-state index in [1.807, 2.05) is 4.57 Å². The van der Waals surface area contributed by atoms with Crippen LogP contribution in [0.4, 0.5) is 24.8 Å². The molecule has 1 atom stereocenters. The number of alkyl halides is 3. The molecule has 0 unspecified atom stereocenters. The summed E-state index contributed by atoms with van der Waals surface area (Å²) in [5, 5.41) is 12.0. The topological polar surface area (TPSA) is 72.3 Å². The van der Waals surface area contributed by atoms with Crippen molar-refractivity contribution in [1.29, 1.82) is 0 Å². The van der Waals surface area contributed by atoms with Gasteiger partial charge in [-0.05, 0) is 56.4 Å². The van der Waals surface area contributed by atoms with E-state index in [2.05, 4.69) is 20.4 Å². The maximum atomic E-state index is 12.7. The zero-order valence-electron chi connectivity index (χ0n) is 17.6. The van der Waals surface area contributed by atoms with E-state index in [4.69, 9.17) is 4.74 Å². The van der Waals surface area contributed by atoms with E-state index >= 15 is 0 Å². The van der Waals surface area contributed by atoms with E-state index in [0.29, 0.717) is 17.4 Å². The molecule has 2 aromatic rings. The average Bonchev–Trinajstić information content (AvgIpc) is 3.43. The van der Waals surface area contributed by atoms with Crippen molar-refractivity contribution < 1.29 is 22.7 Å². The van der Waals surface area contributed by atoms with Gasteiger partial charge in [0, 0.05) is 25.4 Å². The van der Waals surface area contributed by atoms with Gasteiger partial charge in [0.15, 0.2) is 5.16 Å². The first-order chi connectivity index (χ1) is 15.4. The second-order valence-corrected chi connectivity index (χ2v) is 8.93. The Morgan fingerprint density at radius 2 is 1.88 bits per heavy atom. The summed E-state index contributed by atoms with van der Waals surface area (Å²) in [4.78, 5) is 14.6. The quantitative estimate of drug-likeness (QED) is 0.613. The number of aromatic nitrogens is 3. The van der Waals surface area contributed by atoms with Crippen molar-refractivity contribution >= 4 is 29.3 Å². The molecule has 2 fully saturated rings. The van der Waals surface area contributed by atoms with Gasteiger partial charge in [-0.1, -0.05) is 11.8 Å². The third kappa shape index (κ3) is 5.74. The van der Waals surface area contributed by atoms with Crippen LogP contribution in [0.25, 0.3) is 0 Å². The highest BCUT2D eigenvalue weighted by Gasteiger charge is 2.30. The fraction of sp³-hybridized carbons (Fsp3) is 0.571. The standard InChI is InChI=1S/C21H26F3N5O2S/c22-21(23,24)15-6-8-16(9-7-15)25-18(30)14-32-20-27-26-19(28-10-2-1-3-11-28)29(20)13-17-5-4-12-31-17/h6-9,17H,1-5,10-14H2,(H,25,30)/t17-/m1/s1. The molecule has 4 rings (SSSR count). The van der Waals surface area contributed by atoms with Crippen LogP contribution < -0.4 is 10.2 Å². The van der Waals surface area contributed by atoms with Crippen LogP contribution in [-0.4, -0.2) is 52.2 Å². The predicted molar refractivity (Wildman–Crippen MR) is 116 cm³/mol. The third-order valence-electron chi connectivity index (χ3n) is 5.57. The number of amides is 1. The number of hydrogen-bond donors (Lipinski definition) is 1. The third-order valence-corrected chi connectivity index (χ3v) is 6.54. The largest absolute Gasteiger partial charge is 0.416 e. The van der Waals surface area contributed by atoms with Gasteiger partial charge < -0.3 is 15.0 Å². The van der Waals surface area contributed by atoms with E-state index in [1.54, 1.807) is 0 Å². The van der Waals surface area contributed by atoms with E-state index in [0.717, 1.165) is 63.5 Å². The first-order valence-corrected chi connectivity index (χ1v) is 11.8. The fourth-order valence-electron chi connectivity index (χ4n) is 3.94. The molecular weight excluding hydrogens is 443 g/mol. The Hall–Kier alpha value is -2.27. The number of piperidine rings is 1. The van der Waals surface area contributed by atoms with Gasteiger partial charge in [-0.2, -0.15) is 13.2 Å². The van der Waals surface area contributed by atoms with Crippen LogP contribution in [-0.2, 0) is 22.3 Å². The van der Waals surface area contributed by atoms with E-state index < -0.39 is 11.7 Å². The van der Waals surface area contributed by atoms with Gasteiger partial charge in [-0.25, -0.2) is 0 Å². The van der Waals surface area contributed by atoms with Gasteiger partial charge in [0.25, 0.3) is 0 Å². The summed E-state index contributed by atoms with van der Waals surface area (Å²) in [5.74, 6) is 0.566. The molecule has 2 aliphatic rings. The zero-order chi connectivity index (χ0) is 22.6. The van der Waals surface area contributed by atoms with Gasteiger partial charge in [0.05, 0.1) is 24.0 Å². The van der Waals surface area contributed by atoms with Crippen LogP contribution in [0, 0.1) is 0 Å². The molecule has 1 aromatic heterocycles. The van der Waals surface area contributed by atoms with Gasteiger partial charge in [0.2, 0.25) is 11.9 Å². The fourth-order valence-corrected chi connectivity index (χ4v) is 4.68. The second-order valence-electron chi connectivity index (χ2n) is 7.99. The van der Waals surface area contributed by atoms with Crippen LogP contribution in [0.2, 0.25) is 0 Å². The number of halogens is 3. The molecule has 1 amide bonds. The summed E-state index contributed by atoms with van der Waals surface area (Å²) >= 11 is 1.27. The molecule has 2 saturated heterocycles. The molecule has 0 radical (unpaired) electrons. The maximum Gasteiger partial charge on any atom is 0.416 e. The van der Waals surface area contributed by atoms with E-state index in [9.17, 15) is 18.0 Å². The number of thioether (sulfide) groups is 1. The van der Waals surface area contributed by atoms with Crippen LogP contribution in [0.1, 0.15) is 37.7 Å². The number of carbonyl (C=O) groups is 1. The lowest BCUT2D eigenvalue weighted by molar-refractivity contribution is -0.137. The molecule has 2 aliphatic heterocycles. The summed E-state index contributed by atoms with van der Waals surface area (Å²) in [6.07, 6.45) is 1.16. The monoisotopic (exact) mass is 469 g/mol. The van der Waals surface area contributed by atoms with E-state index in [1.165, 1.54) is 30.3 Å². The van der Waals surface area contributed by atoms with Crippen molar-refractivity contribution in [2.24, 2.45) is 0 Å². The minimum atomic E-state index is -4.41. The predicted octanol–water partition coefficient (Wildman–Crippen LogP) is 4.20. The highest BCUT2D eigenvalue weighted by molar-refractivity contribution is 7.99. The molecule has 1 aromatic carbocycles. The maximum absolute atomic E-state index is 12.7. The molecule has 0 spiro atoms. The Labute approximate surface area is 188 Å². The first kappa shape index (κ1) is 22.9. The molecule has 32 heavy (non-hydrogen) atoms. The number of carbonyl (C=O) groups excluding carboxylic acids is 1. The molecular formula is C21H26F3N5O2S. The second kappa shape index (κ2) is 10.1. The lowest BCUT2D eigenvalue weighted by Crippen LogP contribution is -2.33. The number of nitrogens with one attached hydrogen (secondary N) is 1. The van der Waals surface area contributed by atoms with Crippen LogP contribution in [0.5, 0.6) is 0 Å². The molecule has 3 heterocycles. The van der Waals surface area contributed by atoms with Crippen molar-refractivity contribution in [2.45, 2.75) is 56.1 Å². The first-order valence-electron chi connectivity index (χ1n) is 10.8. The molecule has 0 aliphatic carbocycles. The zero-order valence-corrected chi connectivity index (χ0v) is 18.4. The number of anilines is 2. The summed E-state index contributed by atoms with van der Waals surface area (Å²) in [6.45, 7) is 3.26. The smallest absolute Gasteiger partial charge is 0.376 e. The SMILES string of the molecule is O=C(CSc1nnc(N2CCCCC2)n1C[C@H]1CCCO1)Nc1ccc(C(F)(F)F)cc1. The Balaban J connectivity index is 1.40. The van der Waals surface area contributed by atoms with Crippen LogP contribution in [0.15, 0.2) is 29.4 Å². The molecule has 0 saturated carbocycles. The van der Waals surface area contributed by atoms with E-state index in [-0.39, 0.29) is 17.8 Å². The van der Waals surface area contributed by atoms with Gasteiger partial charge >= 0.3 is 6.18 Å². The average molecular weight is 470 g/mol. The highest BCUT2D eigenvalue weighted by atomic mass is 32.2. The summed E-state index contributed by atoms with van der Waals surface area (Å²) in [7, 11) is 0. The number of nitrogens with zero attached hydrogens (tertiary/aromatic N) is 4. The van der Waals surface area contributed by atoms with Crippen molar-refractivity contribution in [3.8, 4) is 0 Å². The Morgan fingerprint density at radius 3 is 2.53 bits per heavy atom. The Kier molecular flexibility index (Phi) is 7.24. The molecule has 174 valence electrons. The van der Waals surface area contributed by atoms with Gasteiger partial charge in [0.1, 0.15) is 0 Å². The lowest BCUT2D eigenvalue weighted by atomic mass is 10.1. The van der Waals surface area contributed by atoms with Gasteiger partial charge in [-0.15, -0.1) is 10.2 Å². The Bertz CT molecular complexity index is 907. The van der Waals surface area contributed by atoms with Crippen LogP contribution in [0.3, 0.4) is 0 Å². The number of ether oxygens (including phenoxy) is 1. The minimum absolute atomic E-state index is 0.0741. The van der Waals surface area contributed by atoms with Crippen molar-refractivity contribution in [2.75, 3.05) is 35.7 Å². The summed E-state index contributed by atoms with van der Waals surface area (Å²) in [6, 6.07) is 4.40. The summed E-state index contributed by atoms with van der Waals surface area (Å²) < 4.78 is 45.9. The minimum Gasteiger partial charge on any atom is -0.376 e. The Morgan fingerprint density at radius 1 is 1.12 bits per heavy atom. The summed E-state index contributed by atoms with van der Waals surface area (Å²) in [5.41, 5.74) is -0.434. The molecule has 7 nitrogen and oxygen atoms in total. The molecule has 11 heteroatoms. The van der Waals surface area contributed by atoms with Gasteiger partial charge in [-0.3, -0.25) is 9.36 Å². The highest BCUT2D eigenvalue weighted by Crippen LogP contribution is 2.30. The van der Waals surface area contributed by atoms with Crippen molar-refractivity contribution in [3.05, 3.63) is 29.8 Å². The lowest BCUT2D eigenvalue weighted by Gasteiger charge is -2.28. The molecule has 1 N–H and O–H groups in total. The normalized spacial score (nSPS) is 19.3. The van der Waals surface area contributed by atoms with Crippen molar-refractivity contribution in [3.63, 3.8) is 0 Å². The molecule has 0 bridgehead atoms. The number of rotatable bonds is 7. The number of benzene rings is 1. The van der Waals surface area contributed by atoms with Crippen LogP contribution >= 0.6 is 11.8 Å². The number of hydrogen-bond acceptors (Lipinski definition) is 6.